The number of halogens is 1. The predicted octanol–water partition coefficient (Wildman–Crippen LogP) is 1.72. The van der Waals surface area contributed by atoms with Crippen molar-refractivity contribution in [1.29, 1.82) is 0 Å². The van der Waals surface area contributed by atoms with Gasteiger partial charge in [0.1, 0.15) is 0 Å². The molecule has 138 valence electrons. The third-order valence-corrected chi connectivity index (χ3v) is 6.31. The first-order chi connectivity index (χ1) is 11.8. The number of nitrogens with one attached hydrogen (secondary N) is 1. The maximum Gasteiger partial charge on any atom is 0.303 e. The van der Waals surface area contributed by atoms with Crippen LogP contribution in [-0.4, -0.2) is 49.3 Å². The minimum absolute atomic E-state index is 0.0120. The average Bonchev–Trinajstić information content (AvgIpc) is 2.59. The van der Waals surface area contributed by atoms with Crippen LogP contribution in [0, 0.1) is 5.92 Å². The minimum atomic E-state index is -3.58. The fourth-order valence-corrected chi connectivity index (χ4v) is 4.31. The molecule has 0 aromatic heterocycles. The lowest BCUT2D eigenvalue weighted by atomic mass is 9.97. The van der Waals surface area contributed by atoms with E-state index in [-0.39, 0.29) is 36.2 Å². The molecule has 0 spiro atoms. The molecule has 0 aliphatic carbocycles. The Hall–Kier alpha value is -1.64. The normalized spacial score (nSPS) is 16.5. The second-order valence-corrected chi connectivity index (χ2v) is 8.29. The van der Waals surface area contributed by atoms with Crippen molar-refractivity contribution in [3.05, 3.63) is 29.3 Å². The van der Waals surface area contributed by atoms with Crippen LogP contribution >= 0.6 is 11.6 Å². The molecule has 1 aromatic carbocycles. The number of carbonyl (C=O) groups excluding carboxylic acids is 1. The van der Waals surface area contributed by atoms with E-state index >= 15 is 0 Å². The van der Waals surface area contributed by atoms with Crippen LogP contribution in [0.5, 0.6) is 0 Å². The molecule has 0 atom stereocenters. The number of nitrogens with zero attached hydrogens (tertiary/aromatic N) is 1. The lowest BCUT2D eigenvalue weighted by Crippen LogP contribution is -2.43. The molecular formula is C16H21ClN2O5S. The number of sulfonamides is 1. The number of hydrogen-bond acceptors (Lipinski definition) is 4. The van der Waals surface area contributed by atoms with Crippen molar-refractivity contribution in [1.82, 2.24) is 9.62 Å². The summed E-state index contributed by atoms with van der Waals surface area (Å²) in [7, 11) is -3.58. The van der Waals surface area contributed by atoms with Gasteiger partial charge in [0.05, 0.1) is 4.90 Å². The Kier molecular flexibility index (Phi) is 6.80. The van der Waals surface area contributed by atoms with Crippen molar-refractivity contribution >= 4 is 33.5 Å². The minimum Gasteiger partial charge on any atom is -0.481 e. The quantitative estimate of drug-likeness (QED) is 0.692. The highest BCUT2D eigenvalue weighted by molar-refractivity contribution is 7.89. The highest BCUT2D eigenvalue weighted by Crippen LogP contribution is 2.24. The molecule has 0 bridgehead atoms. The SMILES string of the molecule is O=C(O)CCCNC(=O)C1CCN(S(=O)(=O)c2ccc(Cl)cc2)CC1. The third-order valence-electron chi connectivity index (χ3n) is 4.14. The van der Waals surface area contributed by atoms with E-state index in [4.69, 9.17) is 16.7 Å². The van der Waals surface area contributed by atoms with Crippen molar-refractivity contribution in [2.75, 3.05) is 19.6 Å². The van der Waals surface area contributed by atoms with Crippen molar-refractivity contribution in [3.8, 4) is 0 Å². The van der Waals surface area contributed by atoms with E-state index < -0.39 is 16.0 Å². The number of amides is 1. The van der Waals surface area contributed by atoms with Crippen molar-refractivity contribution in [2.45, 2.75) is 30.6 Å². The highest BCUT2D eigenvalue weighted by atomic mass is 35.5. The maximum atomic E-state index is 12.6. The maximum absolute atomic E-state index is 12.6. The standard InChI is InChI=1S/C16H21ClN2O5S/c17-13-3-5-14(6-4-13)25(23,24)19-10-7-12(8-11-19)16(22)18-9-1-2-15(20)21/h3-6,12H,1-2,7-11H2,(H,18,22)(H,20,21). The van der Waals surface area contributed by atoms with E-state index in [1.54, 1.807) is 0 Å². The Balaban J connectivity index is 1.85. The van der Waals surface area contributed by atoms with E-state index in [9.17, 15) is 18.0 Å². The topological polar surface area (TPSA) is 104 Å². The Bertz CT molecular complexity index is 713. The molecule has 0 radical (unpaired) electrons. The van der Waals surface area contributed by atoms with Crippen LogP contribution in [-0.2, 0) is 19.6 Å². The zero-order chi connectivity index (χ0) is 18.4. The van der Waals surface area contributed by atoms with Gasteiger partial charge in [-0.2, -0.15) is 4.31 Å². The van der Waals surface area contributed by atoms with Gasteiger partial charge in [-0.1, -0.05) is 11.6 Å². The Morgan fingerprint density at radius 1 is 1.20 bits per heavy atom. The summed E-state index contributed by atoms with van der Waals surface area (Å²) in [5, 5.41) is 11.7. The Labute approximate surface area is 152 Å². The highest BCUT2D eigenvalue weighted by Gasteiger charge is 2.31. The second kappa shape index (κ2) is 8.64. The van der Waals surface area contributed by atoms with Crippen LogP contribution in [0.3, 0.4) is 0 Å². The molecule has 1 heterocycles. The number of aliphatic carboxylic acids is 1. The molecule has 0 saturated carbocycles. The first-order valence-corrected chi connectivity index (χ1v) is 9.87. The summed E-state index contributed by atoms with van der Waals surface area (Å²) in [6.45, 7) is 0.866. The van der Waals surface area contributed by atoms with Gasteiger partial charge < -0.3 is 10.4 Å². The zero-order valence-electron chi connectivity index (χ0n) is 13.7. The molecule has 1 aromatic rings. The summed E-state index contributed by atoms with van der Waals surface area (Å²) in [4.78, 5) is 22.7. The first kappa shape index (κ1) is 19.7. The van der Waals surface area contributed by atoms with E-state index in [0.717, 1.165) is 0 Å². The molecule has 7 nitrogen and oxygen atoms in total. The van der Waals surface area contributed by atoms with Crippen LogP contribution in [0.1, 0.15) is 25.7 Å². The number of carbonyl (C=O) groups is 2. The summed E-state index contributed by atoms with van der Waals surface area (Å²) >= 11 is 5.79. The van der Waals surface area contributed by atoms with Gasteiger partial charge in [0.15, 0.2) is 0 Å². The number of piperidine rings is 1. The van der Waals surface area contributed by atoms with Crippen LogP contribution < -0.4 is 5.32 Å². The fourth-order valence-electron chi connectivity index (χ4n) is 2.71. The Morgan fingerprint density at radius 3 is 2.36 bits per heavy atom. The number of carboxylic acids is 1. The molecule has 1 saturated heterocycles. The van der Waals surface area contributed by atoms with E-state index in [2.05, 4.69) is 5.32 Å². The summed E-state index contributed by atoms with van der Waals surface area (Å²) in [5.41, 5.74) is 0. The van der Waals surface area contributed by atoms with Crippen LogP contribution in [0.15, 0.2) is 29.2 Å². The molecule has 1 amide bonds. The monoisotopic (exact) mass is 388 g/mol. The Morgan fingerprint density at radius 2 is 1.80 bits per heavy atom. The average molecular weight is 389 g/mol. The smallest absolute Gasteiger partial charge is 0.303 e. The summed E-state index contributed by atoms with van der Waals surface area (Å²) in [6, 6.07) is 6.01. The summed E-state index contributed by atoms with van der Waals surface area (Å²) in [6.07, 6.45) is 1.28. The number of rotatable bonds is 7. The summed E-state index contributed by atoms with van der Waals surface area (Å²) in [5.74, 6) is -1.29. The number of carboxylic acid groups (broad SMARTS) is 1. The molecule has 1 fully saturated rings. The molecule has 9 heteroatoms. The molecule has 25 heavy (non-hydrogen) atoms. The lowest BCUT2D eigenvalue weighted by Gasteiger charge is -2.30. The molecule has 1 aliphatic rings. The van der Waals surface area contributed by atoms with Crippen molar-refractivity contribution in [3.63, 3.8) is 0 Å². The van der Waals surface area contributed by atoms with Crippen molar-refractivity contribution < 1.29 is 23.1 Å². The van der Waals surface area contributed by atoms with E-state index in [0.29, 0.717) is 30.8 Å². The van der Waals surface area contributed by atoms with Gasteiger partial charge in [-0.3, -0.25) is 9.59 Å². The van der Waals surface area contributed by atoms with Crippen LogP contribution in [0.2, 0.25) is 5.02 Å². The third kappa shape index (κ3) is 5.42. The van der Waals surface area contributed by atoms with Gasteiger partial charge in [-0.05, 0) is 43.5 Å². The van der Waals surface area contributed by atoms with E-state index in [1.807, 2.05) is 0 Å². The molecule has 0 unspecified atom stereocenters. The molecular weight excluding hydrogens is 368 g/mol. The number of benzene rings is 1. The predicted molar refractivity (Wildman–Crippen MR) is 92.8 cm³/mol. The number of hydrogen-bond donors (Lipinski definition) is 2. The zero-order valence-corrected chi connectivity index (χ0v) is 15.2. The van der Waals surface area contributed by atoms with E-state index in [1.165, 1.54) is 28.6 Å². The fraction of sp³-hybridized carbons (Fsp3) is 0.500. The van der Waals surface area contributed by atoms with Crippen LogP contribution in [0.4, 0.5) is 0 Å². The van der Waals surface area contributed by atoms with Crippen LogP contribution in [0.25, 0.3) is 0 Å². The van der Waals surface area contributed by atoms with Gasteiger partial charge in [-0.25, -0.2) is 8.42 Å². The first-order valence-electron chi connectivity index (χ1n) is 8.06. The van der Waals surface area contributed by atoms with Gasteiger partial charge in [0.2, 0.25) is 15.9 Å². The van der Waals surface area contributed by atoms with Crippen molar-refractivity contribution in [2.24, 2.45) is 5.92 Å². The molecule has 2 N–H and O–H groups in total. The summed E-state index contributed by atoms with van der Waals surface area (Å²) < 4.78 is 26.5. The second-order valence-electron chi connectivity index (χ2n) is 5.92. The molecule has 2 rings (SSSR count). The molecule has 1 aliphatic heterocycles. The largest absolute Gasteiger partial charge is 0.481 e. The van der Waals surface area contributed by atoms with Gasteiger partial charge in [0, 0.05) is 37.0 Å². The lowest BCUT2D eigenvalue weighted by molar-refractivity contribution is -0.137. The van der Waals surface area contributed by atoms with Gasteiger partial charge >= 0.3 is 5.97 Å². The van der Waals surface area contributed by atoms with Gasteiger partial charge in [0.25, 0.3) is 0 Å². The van der Waals surface area contributed by atoms with Gasteiger partial charge in [-0.15, -0.1) is 0 Å².